The van der Waals surface area contributed by atoms with Gasteiger partial charge in [-0.05, 0) is 52.0 Å². The molecule has 1 aliphatic carbocycles. The van der Waals surface area contributed by atoms with Gasteiger partial charge in [-0.25, -0.2) is 4.89 Å². The third-order valence-electron chi connectivity index (χ3n) is 3.75. The summed E-state index contributed by atoms with van der Waals surface area (Å²) in [6, 6.07) is 0. The molecule has 0 radical (unpaired) electrons. The van der Waals surface area contributed by atoms with Crippen LogP contribution in [-0.2, 0) is 9.68 Å². The molecule has 0 saturated carbocycles. The molecule has 0 heterocycles. The first-order valence-electron chi connectivity index (χ1n) is 6.60. The number of aliphatic hydroxyl groups is 1. The Hall–Kier alpha value is -0.970. The van der Waals surface area contributed by atoms with E-state index in [1.807, 2.05) is 13.0 Å². The zero-order valence-corrected chi connectivity index (χ0v) is 12.1. The molecule has 0 bridgehead atoms. The molecule has 0 aliphatic heterocycles. The summed E-state index contributed by atoms with van der Waals surface area (Å²) in [7, 11) is 0. The average Bonchev–Trinajstić information content (AvgIpc) is 2.32. The summed E-state index contributed by atoms with van der Waals surface area (Å²) in [6.45, 7) is 6.99. The topological polar surface area (TPSA) is 66.8 Å². The van der Waals surface area contributed by atoms with E-state index in [4.69, 9.17) is 5.26 Å². The van der Waals surface area contributed by atoms with Gasteiger partial charge >= 0.3 is 0 Å². The Morgan fingerprint density at radius 2 is 2.11 bits per heavy atom. The van der Waals surface area contributed by atoms with Crippen molar-refractivity contribution in [2.24, 2.45) is 5.92 Å². The number of allylic oxidation sites excluding steroid dienone is 2. The molecule has 2 atom stereocenters. The van der Waals surface area contributed by atoms with Crippen molar-refractivity contribution >= 4 is 5.78 Å². The van der Waals surface area contributed by atoms with Crippen LogP contribution in [0.2, 0.25) is 0 Å². The van der Waals surface area contributed by atoms with Crippen molar-refractivity contribution in [3.63, 3.8) is 0 Å². The van der Waals surface area contributed by atoms with Crippen LogP contribution in [0.1, 0.15) is 47.0 Å². The molecule has 0 unspecified atom stereocenters. The van der Waals surface area contributed by atoms with Gasteiger partial charge in [0.25, 0.3) is 0 Å². The SMILES string of the molecule is CC1=CC[C@@H]([C@](C)(O)C/C=C/C(C)(C)OO)CC1=O. The van der Waals surface area contributed by atoms with Crippen LogP contribution >= 0.6 is 0 Å². The highest BCUT2D eigenvalue weighted by molar-refractivity contribution is 5.95. The maximum absolute atomic E-state index is 11.7. The predicted molar refractivity (Wildman–Crippen MR) is 73.7 cm³/mol. The Bertz CT molecular complexity index is 391. The summed E-state index contributed by atoms with van der Waals surface area (Å²) in [6.07, 6.45) is 6.92. The van der Waals surface area contributed by atoms with Crippen molar-refractivity contribution in [3.8, 4) is 0 Å². The van der Waals surface area contributed by atoms with E-state index in [1.165, 1.54) is 0 Å². The van der Waals surface area contributed by atoms with Gasteiger partial charge in [0.15, 0.2) is 5.78 Å². The number of rotatable bonds is 5. The summed E-state index contributed by atoms with van der Waals surface area (Å²) < 4.78 is 0. The lowest BCUT2D eigenvalue weighted by Crippen LogP contribution is -2.37. The summed E-state index contributed by atoms with van der Waals surface area (Å²) >= 11 is 0. The Morgan fingerprint density at radius 3 is 2.63 bits per heavy atom. The maximum Gasteiger partial charge on any atom is 0.158 e. The lowest BCUT2D eigenvalue weighted by molar-refractivity contribution is -0.297. The van der Waals surface area contributed by atoms with Gasteiger partial charge in [-0.1, -0.05) is 18.2 Å². The van der Waals surface area contributed by atoms with E-state index in [-0.39, 0.29) is 11.7 Å². The average molecular weight is 268 g/mol. The van der Waals surface area contributed by atoms with Gasteiger partial charge < -0.3 is 5.11 Å². The largest absolute Gasteiger partial charge is 0.390 e. The predicted octanol–water partition coefficient (Wildman–Crippen LogP) is 2.88. The first-order valence-corrected chi connectivity index (χ1v) is 6.60. The van der Waals surface area contributed by atoms with Crippen LogP contribution in [0, 0.1) is 5.92 Å². The second-order valence-corrected chi connectivity index (χ2v) is 6.11. The van der Waals surface area contributed by atoms with Gasteiger partial charge in [0, 0.05) is 6.42 Å². The summed E-state index contributed by atoms with van der Waals surface area (Å²) in [5, 5.41) is 19.1. The molecule has 108 valence electrons. The zero-order chi connectivity index (χ0) is 14.7. The molecule has 0 aromatic heterocycles. The van der Waals surface area contributed by atoms with Crippen LogP contribution in [-0.4, -0.2) is 27.3 Å². The van der Waals surface area contributed by atoms with Crippen LogP contribution < -0.4 is 0 Å². The quantitative estimate of drug-likeness (QED) is 0.457. The zero-order valence-electron chi connectivity index (χ0n) is 12.1. The fraction of sp³-hybridized carbons (Fsp3) is 0.667. The molecule has 1 aliphatic rings. The molecule has 19 heavy (non-hydrogen) atoms. The standard InChI is InChI=1S/C15H24O4/c1-11-6-7-12(10-13(11)16)15(4,17)9-5-8-14(2,3)19-18/h5-6,8,12,17-18H,7,9-10H2,1-4H3/b8-5+/t12-,15-/m1/s1. The maximum atomic E-state index is 11.7. The van der Waals surface area contributed by atoms with E-state index in [2.05, 4.69) is 4.89 Å². The van der Waals surface area contributed by atoms with Crippen LogP contribution in [0.5, 0.6) is 0 Å². The van der Waals surface area contributed by atoms with Gasteiger partial charge in [-0.2, -0.15) is 0 Å². The first-order chi connectivity index (χ1) is 8.68. The number of Topliss-reactive ketones (excluding diaryl/α,β-unsaturated/α-hetero) is 1. The molecule has 4 heteroatoms. The molecule has 0 aromatic rings. The van der Waals surface area contributed by atoms with Crippen molar-refractivity contribution in [2.75, 3.05) is 0 Å². The first kappa shape index (κ1) is 16.1. The minimum absolute atomic E-state index is 0.0634. The van der Waals surface area contributed by atoms with E-state index >= 15 is 0 Å². The molecular formula is C15H24O4. The normalized spacial score (nSPS) is 24.4. The third-order valence-corrected chi connectivity index (χ3v) is 3.75. The molecule has 0 saturated heterocycles. The number of carbonyl (C=O) groups excluding carboxylic acids is 1. The van der Waals surface area contributed by atoms with Crippen molar-refractivity contribution in [3.05, 3.63) is 23.8 Å². The second-order valence-electron chi connectivity index (χ2n) is 6.11. The molecule has 4 nitrogen and oxygen atoms in total. The smallest absolute Gasteiger partial charge is 0.158 e. The molecule has 0 aromatic carbocycles. The molecule has 0 amide bonds. The van der Waals surface area contributed by atoms with Crippen molar-refractivity contribution < 1.29 is 20.0 Å². The van der Waals surface area contributed by atoms with Crippen molar-refractivity contribution in [1.29, 1.82) is 0 Å². The lowest BCUT2D eigenvalue weighted by Gasteiger charge is -2.33. The van der Waals surface area contributed by atoms with E-state index in [0.29, 0.717) is 12.8 Å². The molecule has 1 rings (SSSR count). The van der Waals surface area contributed by atoms with Crippen LogP contribution in [0.25, 0.3) is 0 Å². The van der Waals surface area contributed by atoms with Gasteiger partial charge in [-0.3, -0.25) is 10.1 Å². The Kier molecular flexibility index (Phi) is 5.07. The number of carbonyl (C=O) groups is 1. The lowest BCUT2D eigenvalue weighted by atomic mass is 9.76. The minimum Gasteiger partial charge on any atom is -0.390 e. The van der Waals surface area contributed by atoms with E-state index in [1.54, 1.807) is 32.9 Å². The van der Waals surface area contributed by atoms with E-state index in [0.717, 1.165) is 12.0 Å². The number of hydrogen-bond donors (Lipinski definition) is 2. The molecule has 0 fully saturated rings. The monoisotopic (exact) mass is 268 g/mol. The van der Waals surface area contributed by atoms with Gasteiger partial charge in [0.1, 0.15) is 5.60 Å². The van der Waals surface area contributed by atoms with Crippen LogP contribution in [0.3, 0.4) is 0 Å². The Balaban J connectivity index is 2.65. The minimum atomic E-state index is -0.936. The highest BCUT2D eigenvalue weighted by Gasteiger charge is 2.34. The molecule has 0 spiro atoms. The Labute approximate surface area is 114 Å². The van der Waals surface area contributed by atoms with Crippen LogP contribution in [0.4, 0.5) is 0 Å². The summed E-state index contributed by atoms with van der Waals surface area (Å²) in [5.74, 6) is 0.0473. The van der Waals surface area contributed by atoms with Crippen molar-refractivity contribution in [1.82, 2.24) is 0 Å². The summed E-state index contributed by atoms with van der Waals surface area (Å²) in [5.41, 5.74) is -0.915. The number of hydrogen-bond acceptors (Lipinski definition) is 4. The number of ketones is 1. The van der Waals surface area contributed by atoms with Gasteiger partial charge in [0.05, 0.1) is 5.60 Å². The van der Waals surface area contributed by atoms with E-state index in [9.17, 15) is 9.90 Å². The molecular weight excluding hydrogens is 244 g/mol. The van der Waals surface area contributed by atoms with Gasteiger partial charge in [0.2, 0.25) is 0 Å². The van der Waals surface area contributed by atoms with E-state index < -0.39 is 11.2 Å². The fourth-order valence-electron chi connectivity index (χ4n) is 2.15. The summed E-state index contributed by atoms with van der Waals surface area (Å²) in [4.78, 5) is 16.0. The fourth-order valence-corrected chi connectivity index (χ4v) is 2.15. The highest BCUT2D eigenvalue weighted by atomic mass is 17.1. The Morgan fingerprint density at radius 1 is 1.47 bits per heavy atom. The molecule has 2 N–H and O–H groups in total. The van der Waals surface area contributed by atoms with Crippen molar-refractivity contribution in [2.45, 2.75) is 58.2 Å². The third kappa shape index (κ3) is 4.56. The van der Waals surface area contributed by atoms with Gasteiger partial charge in [-0.15, -0.1) is 0 Å². The second kappa shape index (κ2) is 5.99. The highest BCUT2D eigenvalue weighted by Crippen LogP contribution is 2.32. The van der Waals surface area contributed by atoms with Crippen LogP contribution in [0.15, 0.2) is 23.8 Å².